The van der Waals surface area contributed by atoms with E-state index in [2.05, 4.69) is 9.55 Å². The number of aromatic nitrogens is 2. The highest BCUT2D eigenvalue weighted by Gasteiger charge is 2.35. The fraction of sp³-hybridized carbons (Fsp3) is 0.471. The molecule has 2 atom stereocenters. The van der Waals surface area contributed by atoms with Gasteiger partial charge in [0, 0.05) is 38.0 Å². The Hall–Kier alpha value is -1.70. The van der Waals surface area contributed by atoms with Crippen LogP contribution in [0.25, 0.3) is 11.4 Å². The average Bonchev–Trinajstić information content (AvgIpc) is 3.15. The van der Waals surface area contributed by atoms with Crippen molar-refractivity contribution in [1.29, 1.82) is 0 Å². The number of hydrogen-bond acceptors (Lipinski definition) is 4. The maximum absolute atomic E-state index is 12.3. The third-order valence-electron chi connectivity index (χ3n) is 4.56. The molecule has 2 aromatic rings. The maximum atomic E-state index is 12.3. The van der Waals surface area contributed by atoms with Crippen molar-refractivity contribution in [2.24, 2.45) is 5.92 Å². The molecule has 6 nitrogen and oxygen atoms in total. The summed E-state index contributed by atoms with van der Waals surface area (Å²) < 4.78 is 33.5. The highest BCUT2D eigenvalue weighted by atomic mass is 32.2. The van der Waals surface area contributed by atoms with Gasteiger partial charge in [-0.05, 0) is 12.5 Å². The molecule has 0 spiro atoms. The summed E-state index contributed by atoms with van der Waals surface area (Å²) in [5.74, 6) is 0.848. The quantitative estimate of drug-likeness (QED) is 0.827. The number of aryl methyl sites for hydroxylation is 1. The molecule has 1 aromatic heterocycles. The normalized spacial score (nSPS) is 21.5. The van der Waals surface area contributed by atoms with Gasteiger partial charge in [-0.2, -0.15) is 0 Å². The van der Waals surface area contributed by atoms with Gasteiger partial charge in [0.25, 0.3) is 0 Å². The first-order valence-corrected chi connectivity index (χ1v) is 9.58. The molecule has 1 fully saturated rings. The number of benzene rings is 1. The molecule has 7 heteroatoms. The average molecular weight is 349 g/mol. The van der Waals surface area contributed by atoms with E-state index in [0.717, 1.165) is 17.0 Å². The van der Waals surface area contributed by atoms with Gasteiger partial charge in [-0.25, -0.2) is 17.7 Å². The highest BCUT2D eigenvalue weighted by molar-refractivity contribution is 7.89. The highest BCUT2D eigenvalue weighted by Crippen LogP contribution is 2.32. The third-order valence-corrected chi connectivity index (χ3v) is 6.52. The van der Waals surface area contributed by atoms with E-state index in [1.165, 1.54) is 4.31 Å². The molecule has 130 valence electrons. The molecule has 3 rings (SSSR count). The van der Waals surface area contributed by atoms with Crippen LogP contribution in [0.1, 0.15) is 11.6 Å². The number of rotatable bonds is 5. The van der Waals surface area contributed by atoms with Gasteiger partial charge in [-0.15, -0.1) is 0 Å². The van der Waals surface area contributed by atoms with Crippen LogP contribution in [-0.4, -0.2) is 55.3 Å². The number of ether oxygens (including phenoxy) is 1. The van der Waals surface area contributed by atoms with Crippen LogP contribution < -0.4 is 0 Å². The fourth-order valence-electron chi connectivity index (χ4n) is 3.09. The molecule has 0 radical (unpaired) electrons. The summed E-state index contributed by atoms with van der Waals surface area (Å²) >= 11 is 0. The van der Waals surface area contributed by atoms with Crippen LogP contribution in [0.3, 0.4) is 0 Å². The minimum absolute atomic E-state index is 0.0307. The molecule has 2 heterocycles. The SMILES string of the molecule is Cc1ccccc1-c1nccn1[C@@H]1COC[C@H]1CS(=O)(=O)N(C)C. The van der Waals surface area contributed by atoms with Crippen molar-refractivity contribution >= 4 is 10.0 Å². The second-order valence-electron chi connectivity index (χ2n) is 6.40. The third kappa shape index (κ3) is 3.24. The summed E-state index contributed by atoms with van der Waals surface area (Å²) in [5.41, 5.74) is 2.20. The van der Waals surface area contributed by atoms with Crippen molar-refractivity contribution in [2.45, 2.75) is 13.0 Å². The first kappa shape index (κ1) is 17.1. The zero-order valence-corrected chi connectivity index (χ0v) is 15.0. The van der Waals surface area contributed by atoms with Gasteiger partial charge in [0.2, 0.25) is 10.0 Å². The number of nitrogens with zero attached hydrogens (tertiary/aromatic N) is 3. The van der Waals surface area contributed by atoms with Gasteiger partial charge < -0.3 is 9.30 Å². The predicted molar refractivity (Wildman–Crippen MR) is 93.2 cm³/mol. The summed E-state index contributed by atoms with van der Waals surface area (Å²) in [5, 5.41) is 0. The summed E-state index contributed by atoms with van der Waals surface area (Å²) in [6.45, 7) is 3.00. The Balaban J connectivity index is 1.92. The molecule has 0 N–H and O–H groups in total. The molecular weight excluding hydrogens is 326 g/mol. The van der Waals surface area contributed by atoms with E-state index in [9.17, 15) is 8.42 Å². The van der Waals surface area contributed by atoms with Crippen molar-refractivity contribution < 1.29 is 13.2 Å². The fourth-order valence-corrected chi connectivity index (χ4v) is 4.24. The molecule has 0 saturated carbocycles. The lowest BCUT2D eigenvalue weighted by Gasteiger charge is -2.23. The zero-order chi connectivity index (χ0) is 17.3. The molecule has 0 bridgehead atoms. The number of imidazole rings is 1. The van der Waals surface area contributed by atoms with Crippen LogP contribution in [0, 0.1) is 12.8 Å². The molecule has 1 saturated heterocycles. The van der Waals surface area contributed by atoms with Gasteiger partial charge in [-0.3, -0.25) is 0 Å². The molecule has 1 aliphatic heterocycles. The Kier molecular flexibility index (Phi) is 4.76. The maximum Gasteiger partial charge on any atom is 0.214 e. The van der Waals surface area contributed by atoms with Gasteiger partial charge in [-0.1, -0.05) is 24.3 Å². The molecule has 0 amide bonds. The van der Waals surface area contributed by atoms with Gasteiger partial charge >= 0.3 is 0 Å². The second kappa shape index (κ2) is 6.66. The standard InChI is InChI=1S/C17H23N3O3S/c1-13-6-4-5-7-15(13)17-18-8-9-20(17)16-11-23-10-14(16)12-24(21,22)19(2)3/h4-9,14,16H,10-12H2,1-3H3/t14-,16+/m0/s1. The topological polar surface area (TPSA) is 64.4 Å². The van der Waals surface area contributed by atoms with Crippen molar-refractivity contribution in [2.75, 3.05) is 33.1 Å². The lowest BCUT2D eigenvalue weighted by molar-refractivity contribution is 0.182. The molecule has 0 aliphatic carbocycles. The summed E-state index contributed by atoms with van der Waals surface area (Å²) in [4.78, 5) is 4.51. The van der Waals surface area contributed by atoms with Crippen molar-refractivity contribution in [3.63, 3.8) is 0 Å². The van der Waals surface area contributed by atoms with Crippen LogP contribution in [-0.2, 0) is 14.8 Å². The summed E-state index contributed by atoms with van der Waals surface area (Å²) in [6, 6.07) is 8.04. The van der Waals surface area contributed by atoms with E-state index in [1.807, 2.05) is 37.4 Å². The molecular formula is C17H23N3O3S. The van der Waals surface area contributed by atoms with Crippen molar-refractivity contribution in [1.82, 2.24) is 13.9 Å². The minimum atomic E-state index is -3.27. The van der Waals surface area contributed by atoms with Crippen molar-refractivity contribution in [3.05, 3.63) is 42.2 Å². The van der Waals surface area contributed by atoms with Gasteiger partial charge in [0.05, 0.1) is 25.0 Å². The minimum Gasteiger partial charge on any atom is -0.379 e. The van der Waals surface area contributed by atoms with Crippen LogP contribution >= 0.6 is 0 Å². The Morgan fingerprint density at radius 3 is 2.75 bits per heavy atom. The smallest absolute Gasteiger partial charge is 0.214 e. The lowest BCUT2D eigenvalue weighted by atomic mass is 10.0. The van der Waals surface area contributed by atoms with Crippen LogP contribution in [0.15, 0.2) is 36.7 Å². The van der Waals surface area contributed by atoms with Gasteiger partial charge in [0.1, 0.15) is 5.82 Å². The predicted octanol–water partition coefficient (Wildman–Crippen LogP) is 1.94. The molecule has 1 aliphatic rings. The Morgan fingerprint density at radius 2 is 2.04 bits per heavy atom. The lowest BCUT2D eigenvalue weighted by Crippen LogP contribution is -2.32. The number of hydrogen-bond donors (Lipinski definition) is 0. The number of sulfonamides is 1. The van der Waals surface area contributed by atoms with Crippen molar-refractivity contribution in [3.8, 4) is 11.4 Å². The zero-order valence-electron chi connectivity index (χ0n) is 14.2. The molecule has 24 heavy (non-hydrogen) atoms. The van der Waals surface area contributed by atoms with E-state index in [4.69, 9.17) is 4.74 Å². The van der Waals surface area contributed by atoms with Crippen LogP contribution in [0.5, 0.6) is 0 Å². The van der Waals surface area contributed by atoms with E-state index in [-0.39, 0.29) is 17.7 Å². The Bertz CT molecular complexity index is 814. The monoisotopic (exact) mass is 349 g/mol. The summed E-state index contributed by atoms with van der Waals surface area (Å²) in [7, 11) is -0.140. The second-order valence-corrected chi connectivity index (χ2v) is 8.63. The van der Waals surface area contributed by atoms with E-state index in [0.29, 0.717) is 13.2 Å². The van der Waals surface area contributed by atoms with Crippen LogP contribution in [0.4, 0.5) is 0 Å². The van der Waals surface area contributed by atoms with E-state index < -0.39 is 10.0 Å². The Morgan fingerprint density at radius 1 is 1.29 bits per heavy atom. The first-order chi connectivity index (χ1) is 11.4. The molecule has 1 aromatic carbocycles. The van der Waals surface area contributed by atoms with Crippen LogP contribution in [0.2, 0.25) is 0 Å². The Labute approximate surface area is 143 Å². The summed E-state index contributed by atoms with van der Waals surface area (Å²) in [6.07, 6.45) is 3.67. The largest absolute Gasteiger partial charge is 0.379 e. The molecule has 0 unspecified atom stereocenters. The van der Waals surface area contributed by atoms with E-state index >= 15 is 0 Å². The first-order valence-electron chi connectivity index (χ1n) is 7.97. The van der Waals surface area contributed by atoms with E-state index in [1.54, 1.807) is 20.3 Å². The van der Waals surface area contributed by atoms with Gasteiger partial charge in [0.15, 0.2) is 0 Å².